The van der Waals surface area contributed by atoms with Crippen molar-refractivity contribution in [2.45, 2.75) is 24.6 Å². The number of alkyl halides is 1. The lowest BCUT2D eigenvalue weighted by Crippen LogP contribution is -2.33. The quantitative estimate of drug-likeness (QED) is 0.441. The number of ether oxygens (including phenoxy) is 2. The number of hydrogen-bond acceptors (Lipinski definition) is 4. The molecule has 5 nitrogen and oxygen atoms in total. The standard InChI is InChI=1S/C15H20BrNO4/c1-3-4-9-21-12-7-5-11(6-8-12)14(18)17-10-13(16)15(19)20-2/h5-8,13H,3-4,9-10H2,1-2H3,(H,17,18). The van der Waals surface area contributed by atoms with Gasteiger partial charge in [0.1, 0.15) is 10.6 Å². The molecule has 6 heteroatoms. The number of nitrogens with one attached hydrogen (secondary N) is 1. The molecule has 1 amide bonds. The van der Waals surface area contributed by atoms with E-state index in [4.69, 9.17) is 4.74 Å². The second-order valence-electron chi connectivity index (χ2n) is 4.43. The van der Waals surface area contributed by atoms with E-state index in [2.05, 4.69) is 32.9 Å². The summed E-state index contributed by atoms with van der Waals surface area (Å²) in [4.78, 5) is 22.5. The first-order chi connectivity index (χ1) is 10.1. The van der Waals surface area contributed by atoms with Gasteiger partial charge >= 0.3 is 5.97 Å². The second kappa shape index (κ2) is 9.39. The van der Waals surface area contributed by atoms with Gasteiger partial charge in [-0.15, -0.1) is 0 Å². The zero-order valence-electron chi connectivity index (χ0n) is 12.2. The molecule has 1 N–H and O–H groups in total. The minimum Gasteiger partial charge on any atom is -0.494 e. The van der Waals surface area contributed by atoms with Gasteiger partial charge < -0.3 is 14.8 Å². The van der Waals surface area contributed by atoms with Crippen LogP contribution in [0.4, 0.5) is 0 Å². The van der Waals surface area contributed by atoms with Crippen LogP contribution in [0.15, 0.2) is 24.3 Å². The van der Waals surface area contributed by atoms with Crippen molar-refractivity contribution in [2.75, 3.05) is 20.3 Å². The molecule has 0 radical (unpaired) electrons. The highest BCUT2D eigenvalue weighted by Gasteiger charge is 2.16. The summed E-state index contributed by atoms with van der Waals surface area (Å²) in [5.41, 5.74) is 0.516. The topological polar surface area (TPSA) is 64.6 Å². The largest absolute Gasteiger partial charge is 0.494 e. The number of rotatable bonds is 8. The maximum Gasteiger partial charge on any atom is 0.321 e. The molecule has 1 atom stereocenters. The van der Waals surface area contributed by atoms with Gasteiger partial charge in [-0.3, -0.25) is 9.59 Å². The Labute approximate surface area is 133 Å². The molecular weight excluding hydrogens is 338 g/mol. The van der Waals surface area contributed by atoms with Crippen molar-refractivity contribution in [1.82, 2.24) is 5.32 Å². The first-order valence-electron chi connectivity index (χ1n) is 6.81. The summed E-state index contributed by atoms with van der Waals surface area (Å²) >= 11 is 3.14. The third-order valence-corrected chi connectivity index (χ3v) is 3.48. The molecule has 0 saturated heterocycles. The molecular formula is C15H20BrNO4. The summed E-state index contributed by atoms with van der Waals surface area (Å²) < 4.78 is 10.1. The number of hydrogen-bond donors (Lipinski definition) is 1. The maximum absolute atomic E-state index is 11.9. The summed E-state index contributed by atoms with van der Waals surface area (Å²) in [7, 11) is 1.30. The van der Waals surface area contributed by atoms with Crippen molar-refractivity contribution in [3.05, 3.63) is 29.8 Å². The Hall–Kier alpha value is -1.56. The first-order valence-corrected chi connectivity index (χ1v) is 7.73. The van der Waals surface area contributed by atoms with E-state index in [0.29, 0.717) is 12.2 Å². The zero-order valence-corrected chi connectivity index (χ0v) is 13.8. The molecule has 0 aliphatic rings. The Morgan fingerprint density at radius 2 is 1.95 bits per heavy atom. The maximum atomic E-state index is 11.9. The molecule has 116 valence electrons. The predicted molar refractivity (Wildman–Crippen MR) is 83.9 cm³/mol. The monoisotopic (exact) mass is 357 g/mol. The van der Waals surface area contributed by atoms with Crippen LogP contribution in [0.2, 0.25) is 0 Å². The number of unbranched alkanes of at least 4 members (excludes halogenated alkanes) is 1. The Kier molecular flexibility index (Phi) is 7.82. The average Bonchev–Trinajstić information content (AvgIpc) is 2.52. The van der Waals surface area contributed by atoms with Crippen LogP contribution in [0.5, 0.6) is 5.75 Å². The van der Waals surface area contributed by atoms with Gasteiger partial charge in [0, 0.05) is 12.1 Å². The van der Waals surface area contributed by atoms with E-state index in [-0.39, 0.29) is 12.5 Å². The Morgan fingerprint density at radius 3 is 2.52 bits per heavy atom. The Morgan fingerprint density at radius 1 is 1.29 bits per heavy atom. The number of amides is 1. The van der Waals surface area contributed by atoms with Crippen LogP contribution in [-0.4, -0.2) is 37.0 Å². The minimum absolute atomic E-state index is 0.167. The van der Waals surface area contributed by atoms with Crippen LogP contribution < -0.4 is 10.1 Å². The highest BCUT2D eigenvalue weighted by molar-refractivity contribution is 9.10. The molecule has 0 bridgehead atoms. The van der Waals surface area contributed by atoms with Crippen LogP contribution in [0.3, 0.4) is 0 Å². The van der Waals surface area contributed by atoms with Crippen molar-refractivity contribution in [3.8, 4) is 5.75 Å². The van der Waals surface area contributed by atoms with Gasteiger partial charge in [-0.05, 0) is 30.7 Å². The smallest absolute Gasteiger partial charge is 0.321 e. The predicted octanol–water partition coefficient (Wildman–Crippen LogP) is 2.53. The van der Waals surface area contributed by atoms with Gasteiger partial charge in [0.05, 0.1) is 13.7 Å². The van der Waals surface area contributed by atoms with Crippen LogP contribution in [-0.2, 0) is 9.53 Å². The molecule has 1 unspecified atom stereocenters. The van der Waals surface area contributed by atoms with Gasteiger partial charge in [0.25, 0.3) is 5.91 Å². The Balaban J connectivity index is 2.46. The summed E-state index contributed by atoms with van der Waals surface area (Å²) in [6.07, 6.45) is 2.08. The molecule has 0 saturated carbocycles. The van der Waals surface area contributed by atoms with E-state index in [1.54, 1.807) is 24.3 Å². The zero-order chi connectivity index (χ0) is 15.7. The van der Waals surface area contributed by atoms with E-state index < -0.39 is 10.8 Å². The van der Waals surface area contributed by atoms with Crippen molar-refractivity contribution >= 4 is 27.8 Å². The molecule has 0 heterocycles. The third-order valence-electron chi connectivity index (χ3n) is 2.78. The molecule has 0 aromatic heterocycles. The van der Waals surface area contributed by atoms with E-state index in [0.717, 1.165) is 18.6 Å². The number of esters is 1. The van der Waals surface area contributed by atoms with Crippen LogP contribution >= 0.6 is 15.9 Å². The fourth-order valence-electron chi connectivity index (χ4n) is 1.53. The Bertz CT molecular complexity index is 461. The molecule has 0 aliphatic carbocycles. The summed E-state index contributed by atoms with van der Waals surface area (Å²) in [5.74, 6) is 0.0753. The second-order valence-corrected chi connectivity index (χ2v) is 5.53. The lowest BCUT2D eigenvalue weighted by atomic mass is 10.2. The molecule has 1 rings (SSSR count). The molecule has 0 spiro atoms. The van der Waals surface area contributed by atoms with Crippen LogP contribution in [0.25, 0.3) is 0 Å². The van der Waals surface area contributed by atoms with Gasteiger partial charge in [-0.25, -0.2) is 0 Å². The van der Waals surface area contributed by atoms with E-state index in [9.17, 15) is 9.59 Å². The highest BCUT2D eigenvalue weighted by atomic mass is 79.9. The van der Waals surface area contributed by atoms with Gasteiger partial charge in [0.2, 0.25) is 0 Å². The minimum atomic E-state index is -0.553. The number of methoxy groups -OCH3 is 1. The normalized spacial score (nSPS) is 11.6. The lowest BCUT2D eigenvalue weighted by molar-refractivity contribution is -0.139. The van der Waals surface area contributed by atoms with Gasteiger partial charge in [0.15, 0.2) is 0 Å². The van der Waals surface area contributed by atoms with Gasteiger partial charge in [-0.1, -0.05) is 29.3 Å². The summed E-state index contributed by atoms with van der Waals surface area (Å²) in [5, 5.41) is 2.66. The third kappa shape index (κ3) is 6.16. The number of carbonyl (C=O) groups is 2. The van der Waals surface area contributed by atoms with Crippen LogP contribution in [0, 0.1) is 0 Å². The van der Waals surface area contributed by atoms with E-state index in [1.165, 1.54) is 7.11 Å². The lowest BCUT2D eigenvalue weighted by Gasteiger charge is -2.10. The first kappa shape index (κ1) is 17.5. The molecule has 0 fully saturated rings. The molecule has 0 aliphatic heterocycles. The van der Waals surface area contributed by atoms with Crippen molar-refractivity contribution in [1.29, 1.82) is 0 Å². The highest BCUT2D eigenvalue weighted by Crippen LogP contribution is 2.13. The number of benzene rings is 1. The van der Waals surface area contributed by atoms with E-state index >= 15 is 0 Å². The average molecular weight is 358 g/mol. The summed E-state index contributed by atoms with van der Waals surface area (Å²) in [6, 6.07) is 6.91. The number of carbonyl (C=O) groups excluding carboxylic acids is 2. The number of halogens is 1. The fourth-order valence-corrected chi connectivity index (χ4v) is 1.88. The van der Waals surface area contributed by atoms with Crippen molar-refractivity contribution < 1.29 is 19.1 Å². The van der Waals surface area contributed by atoms with E-state index in [1.807, 2.05) is 0 Å². The molecule has 21 heavy (non-hydrogen) atoms. The summed E-state index contributed by atoms with van der Waals surface area (Å²) in [6.45, 7) is 2.94. The van der Waals surface area contributed by atoms with Crippen LogP contribution in [0.1, 0.15) is 30.1 Å². The molecule has 1 aromatic carbocycles. The van der Waals surface area contributed by atoms with Crippen molar-refractivity contribution in [2.24, 2.45) is 0 Å². The SMILES string of the molecule is CCCCOc1ccc(C(=O)NCC(Br)C(=O)OC)cc1. The van der Waals surface area contributed by atoms with Gasteiger partial charge in [-0.2, -0.15) is 0 Å². The molecule has 1 aromatic rings. The van der Waals surface area contributed by atoms with Crippen molar-refractivity contribution in [3.63, 3.8) is 0 Å². The fraction of sp³-hybridized carbons (Fsp3) is 0.467.